The monoisotopic (exact) mass is 384 g/mol. The smallest absolute Gasteiger partial charge is 0.272 e. The van der Waals surface area contributed by atoms with Crippen LogP contribution in [0.5, 0.6) is 5.75 Å². The molecule has 152 valence electrons. The highest BCUT2D eigenvalue weighted by Crippen LogP contribution is 2.25. The zero-order valence-electron chi connectivity index (χ0n) is 17.4. The van der Waals surface area contributed by atoms with E-state index in [-0.39, 0.29) is 18.7 Å². The lowest BCUT2D eigenvalue weighted by atomic mass is 9.84. The van der Waals surface area contributed by atoms with E-state index in [0.717, 1.165) is 29.8 Å². The number of nitrogens with one attached hydrogen (secondary N) is 1. The summed E-state index contributed by atoms with van der Waals surface area (Å²) in [6, 6.07) is 8.08. The molecular weight excluding hydrogens is 352 g/mol. The summed E-state index contributed by atoms with van der Waals surface area (Å²) in [6.07, 6.45) is 6.42. The number of hydrogen-bond donors (Lipinski definition) is 1. The van der Waals surface area contributed by atoms with Crippen molar-refractivity contribution in [1.29, 1.82) is 0 Å². The van der Waals surface area contributed by atoms with E-state index in [2.05, 4.69) is 35.5 Å². The van der Waals surface area contributed by atoms with E-state index >= 15 is 0 Å². The molecule has 1 N–H and O–H groups in total. The van der Waals surface area contributed by atoms with E-state index in [0.29, 0.717) is 11.6 Å². The van der Waals surface area contributed by atoms with Gasteiger partial charge in [-0.2, -0.15) is 5.10 Å². The van der Waals surface area contributed by atoms with Gasteiger partial charge in [0.25, 0.3) is 5.91 Å². The third-order valence-electron chi connectivity index (χ3n) is 5.26. The van der Waals surface area contributed by atoms with Gasteiger partial charge in [0.2, 0.25) is 0 Å². The highest BCUT2D eigenvalue weighted by molar-refractivity contribution is 5.92. The summed E-state index contributed by atoms with van der Waals surface area (Å²) in [5.41, 5.74) is 2.77. The average molecular weight is 385 g/mol. The van der Waals surface area contributed by atoms with Gasteiger partial charge in [-0.15, -0.1) is 0 Å². The van der Waals surface area contributed by atoms with Crippen LogP contribution in [0, 0.1) is 19.8 Å². The highest BCUT2D eigenvalue weighted by Gasteiger charge is 2.27. The topological polar surface area (TPSA) is 59.4 Å². The van der Waals surface area contributed by atoms with Crippen molar-refractivity contribution in [2.24, 2.45) is 5.92 Å². The van der Waals surface area contributed by atoms with Gasteiger partial charge in [0.15, 0.2) is 6.73 Å². The number of benzene rings is 1. The molecule has 1 fully saturated rings. The van der Waals surface area contributed by atoms with Crippen LogP contribution >= 0.6 is 0 Å². The van der Waals surface area contributed by atoms with Crippen molar-refractivity contribution in [2.75, 3.05) is 20.6 Å². The molecule has 1 amide bonds. The molecule has 2 aromatic rings. The standard InChI is InChI=1S/C22H32N4O2/c1-16-11-17(2)13-19(12-16)28-15-26-10-9-21(24-26)22(27)23-20-8-6-5-7-18(20)14-25(3)4/h9-13,18,20H,5-8,14-15H2,1-4H3,(H,23,27). The highest BCUT2D eigenvalue weighted by atomic mass is 16.5. The van der Waals surface area contributed by atoms with Gasteiger partial charge < -0.3 is 15.0 Å². The molecule has 0 bridgehead atoms. The third kappa shape index (κ3) is 5.58. The number of carbonyl (C=O) groups is 1. The van der Waals surface area contributed by atoms with Crippen molar-refractivity contribution >= 4 is 5.91 Å². The molecule has 1 aromatic carbocycles. The number of nitrogens with zero attached hydrogens (tertiary/aromatic N) is 3. The maximum atomic E-state index is 12.7. The van der Waals surface area contributed by atoms with Crippen LogP contribution in [-0.2, 0) is 6.73 Å². The summed E-state index contributed by atoms with van der Waals surface area (Å²) >= 11 is 0. The van der Waals surface area contributed by atoms with Crippen LogP contribution in [0.25, 0.3) is 0 Å². The van der Waals surface area contributed by atoms with Crippen LogP contribution in [0.4, 0.5) is 0 Å². The molecule has 0 spiro atoms. The van der Waals surface area contributed by atoms with Crippen molar-refractivity contribution < 1.29 is 9.53 Å². The van der Waals surface area contributed by atoms with Gasteiger partial charge >= 0.3 is 0 Å². The van der Waals surface area contributed by atoms with Gasteiger partial charge in [0.1, 0.15) is 11.4 Å². The Morgan fingerprint density at radius 1 is 1.21 bits per heavy atom. The van der Waals surface area contributed by atoms with Crippen LogP contribution in [0.1, 0.15) is 47.3 Å². The zero-order valence-corrected chi connectivity index (χ0v) is 17.4. The molecule has 1 heterocycles. The van der Waals surface area contributed by atoms with E-state index in [4.69, 9.17) is 4.74 Å². The molecule has 6 nitrogen and oxygen atoms in total. The van der Waals surface area contributed by atoms with Crippen molar-refractivity contribution in [3.05, 3.63) is 47.3 Å². The van der Waals surface area contributed by atoms with E-state index in [9.17, 15) is 4.79 Å². The van der Waals surface area contributed by atoms with Gasteiger partial charge in [0.05, 0.1) is 0 Å². The summed E-state index contributed by atoms with van der Waals surface area (Å²) in [5, 5.41) is 7.60. The normalized spacial score (nSPS) is 19.6. The fourth-order valence-corrected chi connectivity index (χ4v) is 4.04. The van der Waals surface area contributed by atoms with E-state index in [1.807, 2.05) is 26.0 Å². The van der Waals surface area contributed by atoms with Crippen LogP contribution in [0.3, 0.4) is 0 Å². The molecule has 0 radical (unpaired) electrons. The molecule has 1 saturated carbocycles. The first-order valence-corrected chi connectivity index (χ1v) is 10.1. The Kier molecular flexibility index (Phi) is 6.73. The first kappa shape index (κ1) is 20.4. The van der Waals surface area contributed by atoms with E-state index in [1.54, 1.807) is 16.9 Å². The first-order valence-electron chi connectivity index (χ1n) is 10.1. The summed E-state index contributed by atoms with van der Waals surface area (Å²) in [7, 11) is 4.18. The van der Waals surface area contributed by atoms with Crippen molar-refractivity contribution in [1.82, 2.24) is 20.0 Å². The number of amides is 1. The molecule has 2 atom stereocenters. The Bertz CT molecular complexity index is 779. The second-order valence-electron chi connectivity index (χ2n) is 8.22. The average Bonchev–Trinajstić information content (AvgIpc) is 3.10. The summed E-state index contributed by atoms with van der Waals surface area (Å²) < 4.78 is 7.48. The molecule has 1 aliphatic rings. The molecule has 2 unspecified atom stereocenters. The lowest BCUT2D eigenvalue weighted by Gasteiger charge is -2.33. The van der Waals surface area contributed by atoms with Crippen LogP contribution < -0.4 is 10.1 Å². The van der Waals surface area contributed by atoms with Gasteiger partial charge in [-0.05, 0) is 76.0 Å². The quantitative estimate of drug-likeness (QED) is 0.795. The van der Waals surface area contributed by atoms with Crippen molar-refractivity contribution in [3.63, 3.8) is 0 Å². The molecule has 1 aliphatic carbocycles. The molecule has 0 aliphatic heterocycles. The Morgan fingerprint density at radius 2 is 1.93 bits per heavy atom. The fraction of sp³-hybridized carbons (Fsp3) is 0.545. The van der Waals surface area contributed by atoms with Crippen molar-refractivity contribution in [2.45, 2.75) is 52.3 Å². The lowest BCUT2D eigenvalue weighted by molar-refractivity contribution is 0.0888. The van der Waals surface area contributed by atoms with Crippen LogP contribution in [0.15, 0.2) is 30.5 Å². The maximum Gasteiger partial charge on any atom is 0.272 e. The Morgan fingerprint density at radius 3 is 2.64 bits per heavy atom. The number of aryl methyl sites for hydroxylation is 2. The Balaban J connectivity index is 1.57. The Labute approximate surface area is 167 Å². The van der Waals surface area contributed by atoms with E-state index < -0.39 is 0 Å². The molecular formula is C22H32N4O2. The van der Waals surface area contributed by atoms with Crippen LogP contribution in [0.2, 0.25) is 0 Å². The largest absolute Gasteiger partial charge is 0.471 e. The van der Waals surface area contributed by atoms with Crippen molar-refractivity contribution in [3.8, 4) is 5.75 Å². The van der Waals surface area contributed by atoms with Gasteiger partial charge in [0, 0.05) is 18.8 Å². The summed E-state index contributed by atoms with van der Waals surface area (Å²) in [6.45, 7) is 5.38. The summed E-state index contributed by atoms with van der Waals surface area (Å²) in [4.78, 5) is 14.9. The minimum Gasteiger partial charge on any atom is -0.471 e. The lowest BCUT2D eigenvalue weighted by Crippen LogP contribution is -2.45. The number of carbonyl (C=O) groups excluding carboxylic acids is 1. The number of rotatable bonds is 7. The zero-order chi connectivity index (χ0) is 20.1. The molecule has 3 rings (SSSR count). The predicted molar refractivity (Wildman–Crippen MR) is 111 cm³/mol. The first-order chi connectivity index (χ1) is 13.4. The van der Waals surface area contributed by atoms with Gasteiger partial charge in [-0.25, -0.2) is 4.68 Å². The number of hydrogen-bond acceptors (Lipinski definition) is 4. The van der Waals surface area contributed by atoms with E-state index in [1.165, 1.54) is 19.3 Å². The fourth-order valence-electron chi connectivity index (χ4n) is 4.04. The van der Waals surface area contributed by atoms with Gasteiger partial charge in [-0.1, -0.05) is 18.9 Å². The number of aromatic nitrogens is 2. The van der Waals surface area contributed by atoms with Gasteiger partial charge in [-0.3, -0.25) is 4.79 Å². The minimum absolute atomic E-state index is 0.0965. The molecule has 28 heavy (non-hydrogen) atoms. The van der Waals surface area contributed by atoms with Crippen LogP contribution in [-0.4, -0.2) is 47.3 Å². The molecule has 6 heteroatoms. The molecule has 0 saturated heterocycles. The maximum absolute atomic E-state index is 12.7. The Hall–Kier alpha value is -2.34. The second-order valence-corrected chi connectivity index (χ2v) is 8.22. The number of ether oxygens (including phenoxy) is 1. The third-order valence-corrected chi connectivity index (χ3v) is 5.26. The molecule has 1 aromatic heterocycles. The second kappa shape index (κ2) is 9.24. The SMILES string of the molecule is Cc1cc(C)cc(OCn2ccc(C(=O)NC3CCCCC3CN(C)C)n2)c1. The summed E-state index contributed by atoms with van der Waals surface area (Å²) in [5.74, 6) is 1.22. The predicted octanol–water partition coefficient (Wildman–Crippen LogP) is 3.39. The minimum atomic E-state index is -0.0965.